The number of nitro groups is 1. The number of anilines is 1. The molecular weight excluding hydrogens is 268 g/mol. The van der Waals surface area contributed by atoms with Gasteiger partial charge in [-0.05, 0) is 45.1 Å². The van der Waals surface area contributed by atoms with Gasteiger partial charge in [-0.1, -0.05) is 6.07 Å². The summed E-state index contributed by atoms with van der Waals surface area (Å²) in [6.07, 6.45) is 1.15. The molecule has 21 heavy (non-hydrogen) atoms. The molecule has 116 valence electrons. The van der Waals surface area contributed by atoms with Crippen molar-refractivity contribution in [2.75, 3.05) is 45.1 Å². The fraction of sp³-hybridized carbons (Fsp3) is 0.600. The highest BCUT2D eigenvalue weighted by molar-refractivity contribution is 5.62. The molecule has 0 saturated carbocycles. The van der Waals surface area contributed by atoms with Gasteiger partial charge < -0.3 is 10.2 Å². The molecule has 0 amide bonds. The molecule has 1 aliphatic heterocycles. The predicted molar refractivity (Wildman–Crippen MR) is 84.7 cm³/mol. The first-order chi connectivity index (χ1) is 10.1. The quantitative estimate of drug-likeness (QED) is 0.665. The zero-order valence-corrected chi connectivity index (χ0v) is 12.8. The molecule has 1 aromatic rings. The maximum atomic E-state index is 11.2. The summed E-state index contributed by atoms with van der Waals surface area (Å²) in [5.74, 6) is 0. The fourth-order valence-electron chi connectivity index (χ4n) is 2.68. The summed E-state index contributed by atoms with van der Waals surface area (Å²) in [6, 6.07) is 5.51. The molecular formula is C15H24N4O2. The van der Waals surface area contributed by atoms with Crippen LogP contribution in [0.4, 0.5) is 11.4 Å². The summed E-state index contributed by atoms with van der Waals surface area (Å²) in [5, 5.41) is 14.2. The number of nitrogens with one attached hydrogen (secondary N) is 1. The Balaban J connectivity index is 2.09. The van der Waals surface area contributed by atoms with Crippen LogP contribution in [-0.2, 0) is 6.54 Å². The van der Waals surface area contributed by atoms with Crippen LogP contribution in [0.1, 0.15) is 18.9 Å². The van der Waals surface area contributed by atoms with E-state index in [1.54, 1.807) is 6.07 Å². The van der Waals surface area contributed by atoms with Gasteiger partial charge in [-0.3, -0.25) is 15.0 Å². The highest BCUT2D eigenvalue weighted by Crippen LogP contribution is 2.26. The van der Waals surface area contributed by atoms with Crippen molar-refractivity contribution in [2.24, 2.45) is 0 Å². The molecule has 1 heterocycles. The molecule has 0 aliphatic carbocycles. The van der Waals surface area contributed by atoms with Gasteiger partial charge in [0.15, 0.2) is 0 Å². The number of rotatable bonds is 5. The van der Waals surface area contributed by atoms with Crippen molar-refractivity contribution in [3.05, 3.63) is 33.9 Å². The lowest BCUT2D eigenvalue weighted by Crippen LogP contribution is -2.28. The molecule has 1 N–H and O–H groups in total. The van der Waals surface area contributed by atoms with Gasteiger partial charge in [0.05, 0.1) is 4.92 Å². The Labute approximate surface area is 125 Å². The average molecular weight is 292 g/mol. The van der Waals surface area contributed by atoms with Crippen LogP contribution in [0.25, 0.3) is 0 Å². The molecule has 0 unspecified atom stereocenters. The summed E-state index contributed by atoms with van der Waals surface area (Å²) >= 11 is 0. The minimum Gasteiger partial charge on any atom is -0.380 e. The normalized spacial score (nSPS) is 17.4. The lowest BCUT2D eigenvalue weighted by atomic mass is 10.1. The van der Waals surface area contributed by atoms with E-state index in [4.69, 9.17) is 0 Å². The molecule has 1 fully saturated rings. The van der Waals surface area contributed by atoms with Crippen molar-refractivity contribution in [1.29, 1.82) is 0 Å². The minimum atomic E-state index is -0.308. The van der Waals surface area contributed by atoms with E-state index in [-0.39, 0.29) is 10.6 Å². The van der Waals surface area contributed by atoms with E-state index < -0.39 is 0 Å². The third kappa shape index (κ3) is 4.41. The van der Waals surface area contributed by atoms with E-state index in [0.29, 0.717) is 12.2 Å². The van der Waals surface area contributed by atoms with Gasteiger partial charge in [0, 0.05) is 32.2 Å². The molecule has 0 aromatic heterocycles. The van der Waals surface area contributed by atoms with Crippen LogP contribution in [-0.4, -0.2) is 54.5 Å². The number of hydrogen-bond donors (Lipinski definition) is 1. The van der Waals surface area contributed by atoms with Gasteiger partial charge in [-0.2, -0.15) is 0 Å². The maximum absolute atomic E-state index is 11.2. The smallest absolute Gasteiger partial charge is 0.292 e. The zero-order chi connectivity index (χ0) is 15.2. The van der Waals surface area contributed by atoms with Crippen molar-refractivity contribution in [2.45, 2.75) is 19.9 Å². The molecule has 2 rings (SSSR count). The van der Waals surface area contributed by atoms with Crippen molar-refractivity contribution < 1.29 is 4.92 Å². The van der Waals surface area contributed by atoms with Gasteiger partial charge in [0.25, 0.3) is 5.69 Å². The average Bonchev–Trinajstić information content (AvgIpc) is 2.65. The van der Waals surface area contributed by atoms with Crippen LogP contribution in [0.5, 0.6) is 0 Å². The Bertz CT molecular complexity index is 493. The third-order valence-corrected chi connectivity index (χ3v) is 3.84. The third-order valence-electron chi connectivity index (χ3n) is 3.84. The largest absolute Gasteiger partial charge is 0.380 e. The van der Waals surface area contributed by atoms with E-state index in [1.807, 2.05) is 19.1 Å². The number of nitro benzene ring substituents is 1. The van der Waals surface area contributed by atoms with E-state index >= 15 is 0 Å². The Hall–Kier alpha value is -1.66. The predicted octanol–water partition coefficient (Wildman–Crippen LogP) is 2.16. The van der Waals surface area contributed by atoms with Crippen LogP contribution < -0.4 is 5.32 Å². The molecule has 6 heteroatoms. The van der Waals surface area contributed by atoms with E-state index in [9.17, 15) is 10.1 Å². The van der Waals surface area contributed by atoms with Gasteiger partial charge in [-0.25, -0.2) is 0 Å². The van der Waals surface area contributed by atoms with Crippen molar-refractivity contribution in [3.8, 4) is 0 Å². The highest BCUT2D eigenvalue weighted by Gasteiger charge is 2.17. The monoisotopic (exact) mass is 292 g/mol. The van der Waals surface area contributed by atoms with Crippen molar-refractivity contribution >= 4 is 11.4 Å². The second kappa shape index (κ2) is 7.38. The molecule has 0 radical (unpaired) electrons. The molecule has 0 spiro atoms. The summed E-state index contributed by atoms with van der Waals surface area (Å²) in [4.78, 5) is 15.6. The molecule has 1 saturated heterocycles. The Morgan fingerprint density at radius 3 is 2.81 bits per heavy atom. The lowest BCUT2D eigenvalue weighted by Gasteiger charge is -2.20. The minimum absolute atomic E-state index is 0.168. The standard InChI is InChI=1S/C15H24N4O2/c1-3-16-14-6-5-13(11-15(14)19(20)21)12-18-8-4-7-17(2)9-10-18/h5-6,11,16H,3-4,7-10,12H2,1-2H3. The maximum Gasteiger partial charge on any atom is 0.292 e. The molecule has 0 atom stereocenters. The summed E-state index contributed by atoms with van der Waals surface area (Å²) < 4.78 is 0. The Kier molecular flexibility index (Phi) is 5.52. The van der Waals surface area contributed by atoms with Crippen LogP contribution in [0.3, 0.4) is 0 Å². The van der Waals surface area contributed by atoms with Crippen molar-refractivity contribution in [3.63, 3.8) is 0 Å². The summed E-state index contributed by atoms with van der Waals surface area (Å²) in [6.45, 7) is 7.63. The first-order valence-electron chi connectivity index (χ1n) is 7.52. The van der Waals surface area contributed by atoms with E-state index in [2.05, 4.69) is 22.2 Å². The lowest BCUT2D eigenvalue weighted by molar-refractivity contribution is -0.384. The Morgan fingerprint density at radius 1 is 1.29 bits per heavy atom. The second-order valence-electron chi connectivity index (χ2n) is 5.57. The number of benzene rings is 1. The van der Waals surface area contributed by atoms with Gasteiger partial charge in [0.2, 0.25) is 0 Å². The van der Waals surface area contributed by atoms with E-state index in [1.165, 1.54) is 0 Å². The number of hydrogen-bond acceptors (Lipinski definition) is 5. The van der Waals surface area contributed by atoms with Gasteiger partial charge >= 0.3 is 0 Å². The van der Waals surface area contributed by atoms with E-state index in [0.717, 1.165) is 44.7 Å². The molecule has 1 aromatic carbocycles. The SMILES string of the molecule is CCNc1ccc(CN2CCCN(C)CC2)cc1[N+](=O)[O-]. The molecule has 0 bridgehead atoms. The zero-order valence-electron chi connectivity index (χ0n) is 12.8. The molecule has 1 aliphatic rings. The van der Waals surface area contributed by atoms with Crippen LogP contribution in [0, 0.1) is 10.1 Å². The van der Waals surface area contributed by atoms with Crippen LogP contribution in [0.2, 0.25) is 0 Å². The second-order valence-corrected chi connectivity index (χ2v) is 5.57. The topological polar surface area (TPSA) is 61.6 Å². The summed E-state index contributed by atoms with van der Waals surface area (Å²) in [5.41, 5.74) is 1.77. The van der Waals surface area contributed by atoms with Crippen LogP contribution >= 0.6 is 0 Å². The Morgan fingerprint density at radius 2 is 2.10 bits per heavy atom. The number of nitrogens with zero attached hydrogens (tertiary/aromatic N) is 3. The van der Waals surface area contributed by atoms with Gasteiger partial charge in [-0.15, -0.1) is 0 Å². The highest BCUT2D eigenvalue weighted by atomic mass is 16.6. The van der Waals surface area contributed by atoms with Gasteiger partial charge in [0.1, 0.15) is 5.69 Å². The van der Waals surface area contributed by atoms with Crippen molar-refractivity contribution in [1.82, 2.24) is 9.80 Å². The molecule has 6 nitrogen and oxygen atoms in total. The first-order valence-corrected chi connectivity index (χ1v) is 7.52. The number of likely N-dealkylation sites (N-methyl/N-ethyl adjacent to an activating group) is 1. The first kappa shape index (κ1) is 15.7. The van der Waals surface area contributed by atoms with Crippen LogP contribution in [0.15, 0.2) is 18.2 Å². The fourth-order valence-corrected chi connectivity index (χ4v) is 2.68. The summed E-state index contributed by atoms with van der Waals surface area (Å²) in [7, 11) is 2.14.